The summed E-state index contributed by atoms with van der Waals surface area (Å²) in [7, 11) is 0. The van der Waals surface area contributed by atoms with Gasteiger partial charge >= 0.3 is 0 Å². The summed E-state index contributed by atoms with van der Waals surface area (Å²) in [5.74, 6) is 0. The number of rotatable bonds is 2. The number of nitrogens with two attached hydrogens (primary N) is 1. The molecule has 0 amide bonds. The van der Waals surface area contributed by atoms with Crippen molar-refractivity contribution in [2.24, 2.45) is 5.73 Å². The topological polar surface area (TPSA) is 26.0 Å². The van der Waals surface area contributed by atoms with Gasteiger partial charge < -0.3 is 5.73 Å². The highest BCUT2D eigenvalue weighted by atomic mass is 32.1. The molecule has 1 aromatic heterocycles. The van der Waals surface area contributed by atoms with E-state index >= 15 is 0 Å². The van der Waals surface area contributed by atoms with Gasteiger partial charge in [-0.1, -0.05) is 6.08 Å². The summed E-state index contributed by atoms with van der Waals surface area (Å²) in [4.78, 5) is 0. The quantitative estimate of drug-likeness (QED) is 0.653. The Morgan fingerprint density at radius 2 is 2.50 bits per heavy atom. The molecule has 1 nitrogen and oxygen atoms in total. The average Bonchev–Trinajstić information content (AvgIpc) is 2.34. The van der Waals surface area contributed by atoms with Crippen molar-refractivity contribution in [3.8, 4) is 0 Å². The summed E-state index contributed by atoms with van der Waals surface area (Å²) in [6, 6.07) is 1.30. The number of thiophene rings is 1. The van der Waals surface area contributed by atoms with E-state index in [0.29, 0.717) is 5.56 Å². The molecule has 1 unspecified atom stereocenters. The summed E-state index contributed by atoms with van der Waals surface area (Å²) in [5.41, 5.74) is 6.02. The van der Waals surface area contributed by atoms with Gasteiger partial charge in [0, 0.05) is 5.56 Å². The van der Waals surface area contributed by atoms with Crippen LogP contribution in [0, 0.1) is 5.13 Å². The summed E-state index contributed by atoms with van der Waals surface area (Å²) in [6.07, 6.45) is 1.52. The van der Waals surface area contributed by atoms with Crippen molar-refractivity contribution < 1.29 is 4.39 Å². The maximum atomic E-state index is 12.7. The van der Waals surface area contributed by atoms with Gasteiger partial charge in [0.25, 0.3) is 0 Å². The van der Waals surface area contributed by atoms with Crippen molar-refractivity contribution in [3.05, 3.63) is 34.8 Å². The zero-order valence-corrected chi connectivity index (χ0v) is 6.20. The third-order valence-corrected chi connectivity index (χ3v) is 1.97. The lowest BCUT2D eigenvalue weighted by Crippen LogP contribution is -2.06. The van der Waals surface area contributed by atoms with Crippen LogP contribution in [0.5, 0.6) is 0 Å². The van der Waals surface area contributed by atoms with Gasteiger partial charge in [-0.3, -0.25) is 0 Å². The molecule has 0 aromatic carbocycles. The van der Waals surface area contributed by atoms with E-state index < -0.39 is 0 Å². The molecule has 0 radical (unpaired) electrons. The Labute approximate surface area is 63.0 Å². The van der Waals surface area contributed by atoms with Gasteiger partial charge in [0.05, 0.1) is 6.04 Å². The molecular weight excluding hydrogens is 149 g/mol. The second kappa shape index (κ2) is 2.94. The summed E-state index contributed by atoms with van der Waals surface area (Å²) >= 11 is 1.05. The fraction of sp³-hybridized carbons (Fsp3) is 0.143. The van der Waals surface area contributed by atoms with Crippen molar-refractivity contribution >= 4 is 11.3 Å². The minimum absolute atomic E-state index is 0.215. The second-order valence-corrected chi connectivity index (χ2v) is 2.78. The van der Waals surface area contributed by atoms with Crippen LogP contribution < -0.4 is 5.73 Å². The molecule has 0 saturated heterocycles. The first-order valence-corrected chi connectivity index (χ1v) is 3.74. The second-order valence-electron chi connectivity index (χ2n) is 1.91. The molecule has 1 rings (SSSR count). The first-order chi connectivity index (χ1) is 4.75. The van der Waals surface area contributed by atoms with Crippen LogP contribution in [0.1, 0.15) is 11.6 Å². The van der Waals surface area contributed by atoms with Crippen molar-refractivity contribution in [2.75, 3.05) is 0 Å². The van der Waals surface area contributed by atoms with E-state index in [1.807, 2.05) is 0 Å². The largest absolute Gasteiger partial charge is 0.321 e. The lowest BCUT2D eigenvalue weighted by molar-refractivity contribution is 0.632. The molecule has 10 heavy (non-hydrogen) atoms. The van der Waals surface area contributed by atoms with Crippen molar-refractivity contribution in [3.63, 3.8) is 0 Å². The van der Waals surface area contributed by atoms with Gasteiger partial charge in [-0.2, -0.15) is 4.39 Å². The van der Waals surface area contributed by atoms with Crippen LogP contribution in [-0.4, -0.2) is 0 Å². The SMILES string of the molecule is C=CC(N)c1ccsc1F. The minimum Gasteiger partial charge on any atom is -0.321 e. The molecule has 0 fully saturated rings. The van der Waals surface area contributed by atoms with E-state index in [1.54, 1.807) is 11.4 Å². The van der Waals surface area contributed by atoms with E-state index in [0.717, 1.165) is 11.3 Å². The van der Waals surface area contributed by atoms with Gasteiger partial charge in [0.15, 0.2) is 5.13 Å². The predicted octanol–water partition coefficient (Wildman–Crippen LogP) is 2.07. The smallest absolute Gasteiger partial charge is 0.181 e. The zero-order valence-electron chi connectivity index (χ0n) is 5.38. The fourth-order valence-electron chi connectivity index (χ4n) is 0.670. The Balaban J connectivity index is 2.92. The molecule has 2 N–H and O–H groups in total. The third-order valence-electron chi connectivity index (χ3n) is 1.26. The monoisotopic (exact) mass is 157 g/mol. The first kappa shape index (κ1) is 7.44. The fourth-order valence-corrected chi connectivity index (χ4v) is 1.34. The Morgan fingerprint density at radius 1 is 1.80 bits per heavy atom. The Hall–Kier alpha value is -0.670. The first-order valence-electron chi connectivity index (χ1n) is 2.86. The molecule has 0 aliphatic rings. The van der Waals surface area contributed by atoms with Crippen molar-refractivity contribution in [1.29, 1.82) is 0 Å². The van der Waals surface area contributed by atoms with E-state index in [4.69, 9.17) is 5.73 Å². The van der Waals surface area contributed by atoms with Crippen LogP contribution in [0.25, 0.3) is 0 Å². The van der Waals surface area contributed by atoms with Crippen LogP contribution in [0.2, 0.25) is 0 Å². The molecule has 1 heterocycles. The molecule has 0 aliphatic carbocycles. The van der Waals surface area contributed by atoms with E-state index in [2.05, 4.69) is 6.58 Å². The number of hydrogen-bond acceptors (Lipinski definition) is 2. The van der Waals surface area contributed by atoms with Crippen molar-refractivity contribution in [1.82, 2.24) is 0 Å². The van der Waals surface area contributed by atoms with Crippen LogP contribution in [0.15, 0.2) is 24.1 Å². The van der Waals surface area contributed by atoms with Gasteiger partial charge in [0.1, 0.15) is 0 Å². The molecule has 1 atom stereocenters. The van der Waals surface area contributed by atoms with Gasteiger partial charge in [0.2, 0.25) is 0 Å². The maximum absolute atomic E-state index is 12.7. The maximum Gasteiger partial charge on any atom is 0.181 e. The summed E-state index contributed by atoms with van der Waals surface area (Å²) in [5, 5.41) is 1.46. The standard InChI is InChI=1S/C7H8FNS/c1-2-6(9)5-3-4-10-7(5)8/h2-4,6H,1,9H2. The van der Waals surface area contributed by atoms with E-state index in [1.165, 1.54) is 6.08 Å². The Kier molecular flexibility index (Phi) is 2.19. The Morgan fingerprint density at radius 3 is 2.90 bits per heavy atom. The molecule has 0 spiro atoms. The van der Waals surface area contributed by atoms with Gasteiger partial charge in [-0.25, -0.2) is 0 Å². The number of halogens is 1. The van der Waals surface area contributed by atoms with Crippen LogP contribution >= 0.6 is 11.3 Å². The molecule has 54 valence electrons. The molecule has 0 aliphatic heterocycles. The van der Waals surface area contributed by atoms with Crippen LogP contribution in [0.3, 0.4) is 0 Å². The molecule has 0 bridgehead atoms. The predicted molar refractivity (Wildman–Crippen MR) is 41.4 cm³/mol. The molecule has 0 saturated carbocycles. The number of hydrogen-bond donors (Lipinski definition) is 1. The van der Waals surface area contributed by atoms with E-state index in [9.17, 15) is 4.39 Å². The lowest BCUT2D eigenvalue weighted by atomic mass is 10.2. The summed E-state index contributed by atoms with van der Waals surface area (Å²) in [6.45, 7) is 3.47. The molecule has 1 aromatic rings. The minimum atomic E-state index is -0.369. The lowest BCUT2D eigenvalue weighted by Gasteiger charge is -2.00. The third kappa shape index (κ3) is 1.25. The van der Waals surface area contributed by atoms with Crippen molar-refractivity contribution in [2.45, 2.75) is 6.04 Å². The highest BCUT2D eigenvalue weighted by molar-refractivity contribution is 7.08. The van der Waals surface area contributed by atoms with E-state index in [-0.39, 0.29) is 11.2 Å². The average molecular weight is 157 g/mol. The normalized spacial score (nSPS) is 13.0. The highest BCUT2D eigenvalue weighted by Crippen LogP contribution is 2.20. The molecular formula is C7H8FNS. The Bertz CT molecular complexity index is 231. The van der Waals surface area contributed by atoms with Gasteiger partial charge in [-0.15, -0.1) is 17.9 Å². The zero-order chi connectivity index (χ0) is 7.56. The van der Waals surface area contributed by atoms with Crippen LogP contribution in [0.4, 0.5) is 4.39 Å². The summed E-state index contributed by atoms with van der Waals surface area (Å²) < 4.78 is 12.7. The highest BCUT2D eigenvalue weighted by Gasteiger charge is 2.07. The van der Waals surface area contributed by atoms with Crippen LogP contribution in [-0.2, 0) is 0 Å². The molecule has 3 heteroatoms. The van der Waals surface area contributed by atoms with Gasteiger partial charge in [-0.05, 0) is 11.4 Å².